The standard InChI is InChI=1S/C14H21ClN2/c1-16-13(9-8-11-5-2-3-6-11)14-12(15)7-4-10-17-14/h4,7,10-11,13,16H,2-3,5-6,8-9H2,1H3. The molecule has 2 nitrogen and oxygen atoms in total. The first-order chi connectivity index (χ1) is 8.31. The number of rotatable bonds is 5. The molecule has 1 fully saturated rings. The minimum absolute atomic E-state index is 0.296. The second kappa shape index (κ2) is 6.36. The van der Waals surface area contributed by atoms with Crippen molar-refractivity contribution in [3.05, 3.63) is 29.0 Å². The summed E-state index contributed by atoms with van der Waals surface area (Å²) in [5.41, 5.74) is 0.995. The van der Waals surface area contributed by atoms with E-state index >= 15 is 0 Å². The molecule has 1 atom stereocenters. The van der Waals surface area contributed by atoms with Crippen LogP contribution in [-0.4, -0.2) is 12.0 Å². The average Bonchev–Trinajstić information content (AvgIpc) is 2.85. The van der Waals surface area contributed by atoms with E-state index < -0.39 is 0 Å². The molecule has 94 valence electrons. The molecule has 0 saturated heterocycles. The van der Waals surface area contributed by atoms with Crippen LogP contribution in [0.1, 0.15) is 50.3 Å². The van der Waals surface area contributed by atoms with Gasteiger partial charge < -0.3 is 5.32 Å². The van der Waals surface area contributed by atoms with E-state index in [2.05, 4.69) is 10.3 Å². The van der Waals surface area contributed by atoms with Crippen molar-refractivity contribution in [1.29, 1.82) is 0 Å². The largest absolute Gasteiger partial charge is 0.312 e. The van der Waals surface area contributed by atoms with Gasteiger partial charge in [0.15, 0.2) is 0 Å². The van der Waals surface area contributed by atoms with Gasteiger partial charge in [-0.1, -0.05) is 37.3 Å². The lowest BCUT2D eigenvalue weighted by Crippen LogP contribution is -2.18. The van der Waals surface area contributed by atoms with Crippen molar-refractivity contribution < 1.29 is 0 Å². The number of nitrogens with one attached hydrogen (secondary N) is 1. The second-order valence-corrected chi connectivity index (χ2v) is 5.35. The lowest BCUT2D eigenvalue weighted by atomic mass is 9.97. The van der Waals surface area contributed by atoms with Crippen LogP contribution in [0.5, 0.6) is 0 Å². The van der Waals surface area contributed by atoms with Gasteiger partial charge in [0, 0.05) is 6.20 Å². The number of hydrogen-bond donors (Lipinski definition) is 1. The van der Waals surface area contributed by atoms with E-state index in [1.54, 1.807) is 0 Å². The predicted octanol–water partition coefficient (Wildman–Crippen LogP) is 3.97. The van der Waals surface area contributed by atoms with Gasteiger partial charge in [0.1, 0.15) is 0 Å². The van der Waals surface area contributed by atoms with Crippen molar-refractivity contribution in [2.24, 2.45) is 5.92 Å². The summed E-state index contributed by atoms with van der Waals surface area (Å²) in [6, 6.07) is 4.10. The molecule has 1 N–H and O–H groups in total. The van der Waals surface area contributed by atoms with Crippen molar-refractivity contribution in [1.82, 2.24) is 10.3 Å². The van der Waals surface area contributed by atoms with E-state index in [4.69, 9.17) is 11.6 Å². The molecule has 0 aromatic carbocycles. The number of hydrogen-bond acceptors (Lipinski definition) is 2. The molecule has 1 heterocycles. The Morgan fingerprint density at radius 2 is 2.24 bits per heavy atom. The van der Waals surface area contributed by atoms with Crippen LogP contribution in [0.2, 0.25) is 5.02 Å². The lowest BCUT2D eigenvalue weighted by Gasteiger charge is -2.18. The van der Waals surface area contributed by atoms with E-state index in [-0.39, 0.29) is 0 Å². The average molecular weight is 253 g/mol. The van der Waals surface area contributed by atoms with Gasteiger partial charge in [-0.25, -0.2) is 0 Å². The third kappa shape index (κ3) is 3.43. The van der Waals surface area contributed by atoms with Crippen LogP contribution >= 0.6 is 11.6 Å². The first-order valence-electron chi connectivity index (χ1n) is 6.59. The molecule has 1 aromatic heterocycles. The first kappa shape index (κ1) is 12.8. The SMILES string of the molecule is CNC(CCC1CCCC1)c1ncccc1Cl. The molecule has 17 heavy (non-hydrogen) atoms. The van der Waals surface area contributed by atoms with E-state index in [0.29, 0.717) is 6.04 Å². The third-order valence-electron chi connectivity index (χ3n) is 3.80. The normalized spacial score (nSPS) is 18.5. The number of halogens is 1. The van der Waals surface area contributed by atoms with E-state index in [0.717, 1.165) is 23.1 Å². The fraction of sp³-hybridized carbons (Fsp3) is 0.643. The molecule has 0 radical (unpaired) electrons. The Morgan fingerprint density at radius 1 is 1.47 bits per heavy atom. The minimum Gasteiger partial charge on any atom is -0.312 e. The summed E-state index contributed by atoms with van der Waals surface area (Å²) in [6.45, 7) is 0. The van der Waals surface area contributed by atoms with Crippen LogP contribution < -0.4 is 5.32 Å². The topological polar surface area (TPSA) is 24.9 Å². The van der Waals surface area contributed by atoms with Crippen LogP contribution in [0.3, 0.4) is 0 Å². The fourth-order valence-corrected chi connectivity index (χ4v) is 3.03. The van der Waals surface area contributed by atoms with E-state index in [9.17, 15) is 0 Å². The highest BCUT2D eigenvalue weighted by Gasteiger charge is 2.19. The van der Waals surface area contributed by atoms with Crippen LogP contribution in [0, 0.1) is 5.92 Å². The van der Waals surface area contributed by atoms with Crippen molar-refractivity contribution >= 4 is 11.6 Å². The van der Waals surface area contributed by atoms with Crippen LogP contribution in [-0.2, 0) is 0 Å². The van der Waals surface area contributed by atoms with Crippen molar-refractivity contribution in [3.8, 4) is 0 Å². The molecule has 1 aliphatic rings. The minimum atomic E-state index is 0.296. The third-order valence-corrected chi connectivity index (χ3v) is 4.12. The molecular formula is C14H21ClN2. The fourth-order valence-electron chi connectivity index (χ4n) is 2.77. The van der Waals surface area contributed by atoms with Crippen molar-refractivity contribution in [2.45, 2.75) is 44.6 Å². The van der Waals surface area contributed by atoms with Gasteiger partial charge in [0.2, 0.25) is 0 Å². The predicted molar refractivity (Wildman–Crippen MR) is 72.2 cm³/mol. The molecular weight excluding hydrogens is 232 g/mol. The van der Waals surface area contributed by atoms with Crippen LogP contribution in [0.4, 0.5) is 0 Å². The molecule has 1 unspecified atom stereocenters. The van der Waals surface area contributed by atoms with E-state index in [1.165, 1.54) is 32.1 Å². The molecule has 3 heteroatoms. The zero-order valence-electron chi connectivity index (χ0n) is 10.5. The second-order valence-electron chi connectivity index (χ2n) is 4.94. The van der Waals surface area contributed by atoms with Crippen LogP contribution in [0.15, 0.2) is 18.3 Å². The number of pyridine rings is 1. The monoisotopic (exact) mass is 252 g/mol. The maximum absolute atomic E-state index is 6.19. The van der Waals surface area contributed by atoms with Crippen molar-refractivity contribution in [3.63, 3.8) is 0 Å². The highest BCUT2D eigenvalue weighted by molar-refractivity contribution is 6.31. The van der Waals surface area contributed by atoms with Gasteiger partial charge in [-0.2, -0.15) is 0 Å². The molecule has 0 aliphatic heterocycles. The summed E-state index contributed by atoms with van der Waals surface area (Å²) in [4.78, 5) is 4.40. The summed E-state index contributed by atoms with van der Waals surface area (Å²) >= 11 is 6.19. The highest BCUT2D eigenvalue weighted by atomic mass is 35.5. The maximum atomic E-state index is 6.19. The van der Waals surface area contributed by atoms with Gasteiger partial charge in [-0.3, -0.25) is 4.98 Å². The molecule has 1 saturated carbocycles. The maximum Gasteiger partial charge on any atom is 0.0758 e. The molecule has 0 spiro atoms. The number of aromatic nitrogens is 1. The van der Waals surface area contributed by atoms with E-state index in [1.807, 2.05) is 25.4 Å². The molecule has 0 bridgehead atoms. The van der Waals surface area contributed by atoms with Gasteiger partial charge in [0.05, 0.1) is 16.8 Å². The highest BCUT2D eigenvalue weighted by Crippen LogP contribution is 2.32. The van der Waals surface area contributed by atoms with Gasteiger partial charge in [-0.05, 0) is 37.9 Å². The Hall–Kier alpha value is -0.600. The van der Waals surface area contributed by atoms with Gasteiger partial charge >= 0.3 is 0 Å². The summed E-state index contributed by atoms with van der Waals surface area (Å²) in [7, 11) is 1.99. The molecule has 1 aliphatic carbocycles. The Bertz CT molecular complexity index is 348. The zero-order chi connectivity index (χ0) is 12.1. The number of nitrogens with zero attached hydrogens (tertiary/aromatic N) is 1. The first-order valence-corrected chi connectivity index (χ1v) is 6.96. The summed E-state index contributed by atoms with van der Waals surface area (Å²) in [5.74, 6) is 0.924. The smallest absolute Gasteiger partial charge is 0.0758 e. The Labute approximate surface area is 109 Å². The Morgan fingerprint density at radius 3 is 2.88 bits per heavy atom. The Kier molecular flexibility index (Phi) is 4.81. The summed E-state index contributed by atoms with van der Waals surface area (Å²) in [6.07, 6.45) is 9.90. The molecule has 1 aromatic rings. The lowest BCUT2D eigenvalue weighted by molar-refractivity contribution is 0.423. The van der Waals surface area contributed by atoms with Gasteiger partial charge in [-0.15, -0.1) is 0 Å². The molecule has 2 rings (SSSR count). The summed E-state index contributed by atoms with van der Waals surface area (Å²) < 4.78 is 0. The van der Waals surface area contributed by atoms with Gasteiger partial charge in [0.25, 0.3) is 0 Å². The summed E-state index contributed by atoms with van der Waals surface area (Å²) in [5, 5.41) is 4.11. The molecule has 0 amide bonds. The van der Waals surface area contributed by atoms with Crippen molar-refractivity contribution in [2.75, 3.05) is 7.05 Å². The Balaban J connectivity index is 1.94. The van der Waals surface area contributed by atoms with Crippen LogP contribution in [0.25, 0.3) is 0 Å². The zero-order valence-corrected chi connectivity index (χ0v) is 11.2. The quantitative estimate of drug-likeness (QED) is 0.858.